The summed E-state index contributed by atoms with van der Waals surface area (Å²) in [7, 11) is 0. The Hall–Kier alpha value is -1.85. The highest BCUT2D eigenvalue weighted by molar-refractivity contribution is 7.10. The molecule has 1 fully saturated rings. The number of benzene rings is 1. The van der Waals surface area contributed by atoms with Gasteiger partial charge in [-0.15, -0.1) is 11.3 Å². The fraction of sp³-hybridized carbons (Fsp3) is 0.476. The molecule has 1 aliphatic rings. The quantitative estimate of drug-likeness (QED) is 0.839. The number of para-hydroxylation sites is 1. The summed E-state index contributed by atoms with van der Waals surface area (Å²) >= 11 is 1.78. The van der Waals surface area contributed by atoms with Crippen LogP contribution in [0.5, 0.6) is 0 Å². The monoisotopic (exact) mass is 371 g/mol. The molecule has 1 saturated heterocycles. The standard InChI is InChI=1S/C21H29N3OS/c1-16(2)21(25)22-17(3)20(19-10-7-15-26-19)24-13-11-23(12-14-24)18-8-5-4-6-9-18/h4-10,15-17,20H,11-14H2,1-3H3,(H,22,25)/t17-,20+/m0/s1. The van der Waals surface area contributed by atoms with Crippen LogP contribution in [-0.4, -0.2) is 43.0 Å². The molecule has 1 amide bonds. The van der Waals surface area contributed by atoms with Gasteiger partial charge in [-0.25, -0.2) is 0 Å². The molecule has 5 heteroatoms. The summed E-state index contributed by atoms with van der Waals surface area (Å²) < 4.78 is 0. The Morgan fingerprint density at radius 1 is 1.00 bits per heavy atom. The first-order chi connectivity index (χ1) is 12.6. The van der Waals surface area contributed by atoms with E-state index in [0.717, 1.165) is 26.2 Å². The SMILES string of the molecule is CC(C)C(=O)N[C@@H](C)[C@H](c1cccs1)N1CCN(c2ccccc2)CC1. The van der Waals surface area contributed by atoms with E-state index in [0.29, 0.717) is 0 Å². The van der Waals surface area contributed by atoms with Gasteiger partial charge >= 0.3 is 0 Å². The highest BCUT2D eigenvalue weighted by atomic mass is 32.1. The van der Waals surface area contributed by atoms with Gasteiger partial charge < -0.3 is 10.2 Å². The molecule has 2 aromatic rings. The van der Waals surface area contributed by atoms with Crippen molar-refractivity contribution in [1.82, 2.24) is 10.2 Å². The molecule has 1 aromatic carbocycles. The van der Waals surface area contributed by atoms with Crippen molar-refractivity contribution in [2.45, 2.75) is 32.9 Å². The molecule has 1 aromatic heterocycles. The number of nitrogens with zero attached hydrogens (tertiary/aromatic N) is 2. The molecule has 0 spiro atoms. The van der Waals surface area contributed by atoms with Crippen molar-refractivity contribution in [3.05, 3.63) is 52.7 Å². The van der Waals surface area contributed by atoms with E-state index in [9.17, 15) is 4.79 Å². The van der Waals surface area contributed by atoms with E-state index < -0.39 is 0 Å². The molecule has 2 atom stereocenters. The minimum atomic E-state index is 0.0105. The summed E-state index contributed by atoms with van der Waals surface area (Å²) in [5.74, 6) is 0.137. The van der Waals surface area contributed by atoms with Crippen LogP contribution in [0.25, 0.3) is 0 Å². The largest absolute Gasteiger partial charge is 0.369 e. The van der Waals surface area contributed by atoms with Crippen LogP contribution >= 0.6 is 11.3 Å². The molecule has 0 radical (unpaired) electrons. The van der Waals surface area contributed by atoms with E-state index in [1.165, 1.54) is 10.6 Å². The van der Waals surface area contributed by atoms with E-state index in [4.69, 9.17) is 0 Å². The van der Waals surface area contributed by atoms with E-state index in [1.807, 2.05) is 13.8 Å². The highest BCUT2D eigenvalue weighted by Crippen LogP contribution is 2.30. The number of anilines is 1. The number of carbonyl (C=O) groups is 1. The van der Waals surface area contributed by atoms with Gasteiger partial charge in [0, 0.05) is 48.7 Å². The fourth-order valence-electron chi connectivity index (χ4n) is 3.57. The average Bonchev–Trinajstić information content (AvgIpc) is 3.17. The summed E-state index contributed by atoms with van der Waals surface area (Å²) in [4.78, 5) is 18.5. The summed E-state index contributed by atoms with van der Waals surface area (Å²) in [6.45, 7) is 10.0. The Balaban J connectivity index is 1.69. The molecule has 26 heavy (non-hydrogen) atoms. The Kier molecular flexibility index (Phi) is 6.33. The van der Waals surface area contributed by atoms with Gasteiger partial charge in [0.1, 0.15) is 0 Å². The molecule has 0 saturated carbocycles. The van der Waals surface area contributed by atoms with Crippen LogP contribution in [0, 0.1) is 5.92 Å². The third-order valence-electron chi connectivity index (χ3n) is 5.03. The highest BCUT2D eigenvalue weighted by Gasteiger charge is 2.31. The number of amides is 1. The normalized spacial score (nSPS) is 17.9. The molecule has 1 N–H and O–H groups in total. The van der Waals surface area contributed by atoms with Gasteiger partial charge in [0.25, 0.3) is 0 Å². The van der Waals surface area contributed by atoms with Crippen LogP contribution in [-0.2, 0) is 4.79 Å². The minimum absolute atomic E-state index is 0.0105. The van der Waals surface area contributed by atoms with Gasteiger partial charge in [0.15, 0.2) is 0 Å². The van der Waals surface area contributed by atoms with E-state index >= 15 is 0 Å². The van der Waals surface area contributed by atoms with Crippen molar-refractivity contribution >= 4 is 22.9 Å². The minimum Gasteiger partial charge on any atom is -0.369 e. The van der Waals surface area contributed by atoms with Crippen LogP contribution in [0.3, 0.4) is 0 Å². The van der Waals surface area contributed by atoms with Crippen LogP contribution in [0.1, 0.15) is 31.7 Å². The summed E-state index contributed by atoms with van der Waals surface area (Å²) in [6.07, 6.45) is 0. The van der Waals surface area contributed by atoms with Crippen LogP contribution < -0.4 is 10.2 Å². The van der Waals surface area contributed by atoms with Crippen LogP contribution in [0.15, 0.2) is 47.8 Å². The van der Waals surface area contributed by atoms with Crippen molar-refractivity contribution < 1.29 is 4.79 Å². The number of hydrogen-bond acceptors (Lipinski definition) is 4. The van der Waals surface area contributed by atoms with Gasteiger partial charge in [-0.3, -0.25) is 9.69 Å². The molecule has 4 nitrogen and oxygen atoms in total. The fourth-order valence-corrected chi connectivity index (χ4v) is 4.53. The van der Waals surface area contributed by atoms with Gasteiger partial charge in [-0.1, -0.05) is 38.1 Å². The number of rotatable bonds is 6. The zero-order chi connectivity index (χ0) is 18.5. The third kappa shape index (κ3) is 4.46. The second-order valence-corrected chi connectivity index (χ2v) is 8.25. The van der Waals surface area contributed by atoms with E-state index in [-0.39, 0.29) is 23.9 Å². The summed E-state index contributed by atoms with van der Waals surface area (Å²) in [6, 6.07) is 15.2. The second-order valence-electron chi connectivity index (χ2n) is 7.27. The Morgan fingerprint density at radius 2 is 1.69 bits per heavy atom. The number of carbonyl (C=O) groups excluding carboxylic acids is 1. The maximum Gasteiger partial charge on any atom is 0.222 e. The Labute approximate surface area is 160 Å². The van der Waals surface area contributed by atoms with Gasteiger partial charge in [0.05, 0.1) is 6.04 Å². The topological polar surface area (TPSA) is 35.6 Å². The van der Waals surface area contributed by atoms with E-state index in [2.05, 4.69) is 69.9 Å². The molecule has 0 aliphatic carbocycles. The molecule has 0 bridgehead atoms. The van der Waals surface area contributed by atoms with Crippen molar-refractivity contribution in [3.63, 3.8) is 0 Å². The number of thiophene rings is 1. The lowest BCUT2D eigenvalue weighted by atomic mass is 10.0. The lowest BCUT2D eigenvalue weighted by Crippen LogP contribution is -2.52. The van der Waals surface area contributed by atoms with Gasteiger partial charge in [-0.2, -0.15) is 0 Å². The first-order valence-corrected chi connectivity index (χ1v) is 10.3. The maximum atomic E-state index is 12.2. The number of nitrogens with one attached hydrogen (secondary N) is 1. The molecule has 140 valence electrons. The van der Waals surface area contributed by atoms with Gasteiger partial charge in [0.2, 0.25) is 5.91 Å². The first kappa shape index (κ1) is 18.9. The summed E-state index contributed by atoms with van der Waals surface area (Å²) in [5, 5.41) is 5.34. The van der Waals surface area contributed by atoms with Crippen LogP contribution in [0.2, 0.25) is 0 Å². The predicted octanol–water partition coefficient (Wildman–Crippen LogP) is 3.77. The Bertz CT molecular complexity index is 679. The van der Waals surface area contributed by atoms with Crippen molar-refractivity contribution in [2.75, 3.05) is 31.1 Å². The lowest BCUT2D eigenvalue weighted by molar-refractivity contribution is -0.125. The van der Waals surface area contributed by atoms with Crippen molar-refractivity contribution in [2.24, 2.45) is 5.92 Å². The third-order valence-corrected chi connectivity index (χ3v) is 5.97. The number of hydrogen-bond donors (Lipinski definition) is 1. The zero-order valence-corrected chi connectivity index (χ0v) is 16.7. The van der Waals surface area contributed by atoms with Gasteiger partial charge in [-0.05, 0) is 30.5 Å². The summed E-state index contributed by atoms with van der Waals surface area (Å²) in [5.41, 5.74) is 1.29. The lowest BCUT2D eigenvalue weighted by Gasteiger charge is -2.42. The molecular weight excluding hydrogens is 342 g/mol. The Morgan fingerprint density at radius 3 is 2.27 bits per heavy atom. The smallest absolute Gasteiger partial charge is 0.222 e. The zero-order valence-electron chi connectivity index (χ0n) is 15.9. The van der Waals surface area contributed by atoms with Crippen molar-refractivity contribution in [1.29, 1.82) is 0 Å². The molecule has 0 unspecified atom stereocenters. The molecule has 3 rings (SSSR count). The van der Waals surface area contributed by atoms with Crippen molar-refractivity contribution in [3.8, 4) is 0 Å². The molecule has 2 heterocycles. The second kappa shape index (κ2) is 8.69. The average molecular weight is 372 g/mol. The first-order valence-electron chi connectivity index (χ1n) is 9.44. The maximum absolute atomic E-state index is 12.2. The van der Waals surface area contributed by atoms with E-state index in [1.54, 1.807) is 11.3 Å². The predicted molar refractivity (Wildman–Crippen MR) is 110 cm³/mol. The molecule has 1 aliphatic heterocycles. The molecular formula is C21H29N3OS. The van der Waals surface area contributed by atoms with Crippen LogP contribution in [0.4, 0.5) is 5.69 Å². The number of piperazine rings is 1.